The molecule has 3 amide bonds. The third-order valence-corrected chi connectivity index (χ3v) is 9.90. The summed E-state index contributed by atoms with van der Waals surface area (Å²) in [5.41, 5.74) is -1.18. The average Bonchev–Trinajstić information content (AvgIpc) is 3.31. The highest BCUT2D eigenvalue weighted by atomic mass is 35.5. The number of rotatable bonds is 10. The van der Waals surface area contributed by atoms with Crippen molar-refractivity contribution in [1.82, 2.24) is 15.5 Å². The van der Waals surface area contributed by atoms with Crippen LogP contribution in [-0.2, 0) is 25.6 Å². The first-order valence-corrected chi connectivity index (χ1v) is 16.0. The second-order valence-electron chi connectivity index (χ2n) is 10.7. The highest BCUT2D eigenvalue weighted by molar-refractivity contribution is 7.91. The van der Waals surface area contributed by atoms with E-state index in [1.807, 2.05) is 0 Å². The maximum Gasteiger partial charge on any atom is 0.416 e. The topological polar surface area (TPSA) is 113 Å². The monoisotopic (exact) mass is 627 g/mol. The fourth-order valence-corrected chi connectivity index (χ4v) is 7.56. The van der Waals surface area contributed by atoms with Gasteiger partial charge in [-0.15, -0.1) is 11.6 Å². The normalized spacial score (nSPS) is 23.0. The van der Waals surface area contributed by atoms with Gasteiger partial charge in [-0.2, -0.15) is 13.2 Å². The summed E-state index contributed by atoms with van der Waals surface area (Å²) in [7, 11) is -3.72. The van der Waals surface area contributed by atoms with Crippen molar-refractivity contribution in [3.05, 3.63) is 65.7 Å². The molecule has 4 atom stereocenters. The van der Waals surface area contributed by atoms with Gasteiger partial charge in [-0.3, -0.25) is 14.4 Å². The van der Waals surface area contributed by atoms with Crippen molar-refractivity contribution in [1.29, 1.82) is 0 Å². The van der Waals surface area contributed by atoms with Crippen molar-refractivity contribution in [2.45, 2.75) is 67.7 Å². The minimum Gasteiger partial charge on any atom is -0.353 e. The molecule has 4 rings (SSSR count). The van der Waals surface area contributed by atoms with E-state index in [2.05, 4.69) is 10.6 Å². The number of benzene rings is 2. The molecule has 0 radical (unpaired) electrons. The predicted octanol–water partition coefficient (Wildman–Crippen LogP) is 4.18. The van der Waals surface area contributed by atoms with Crippen LogP contribution in [-0.4, -0.2) is 67.3 Å². The molecule has 0 spiro atoms. The van der Waals surface area contributed by atoms with E-state index in [-0.39, 0.29) is 47.5 Å². The number of sulfone groups is 1. The molecule has 0 bridgehead atoms. The lowest BCUT2D eigenvalue weighted by Crippen LogP contribution is -2.52. The van der Waals surface area contributed by atoms with Gasteiger partial charge in [0.2, 0.25) is 11.8 Å². The van der Waals surface area contributed by atoms with Crippen LogP contribution in [0.4, 0.5) is 13.2 Å². The summed E-state index contributed by atoms with van der Waals surface area (Å²) in [6.07, 6.45) is -2.29. The van der Waals surface area contributed by atoms with Gasteiger partial charge in [-0.1, -0.05) is 24.3 Å². The van der Waals surface area contributed by atoms with E-state index >= 15 is 0 Å². The molecule has 228 valence electrons. The number of alkyl halides is 4. The highest BCUT2D eigenvalue weighted by Gasteiger charge is 2.44. The molecule has 1 aliphatic heterocycles. The van der Waals surface area contributed by atoms with Crippen molar-refractivity contribution >= 4 is 39.2 Å². The minimum absolute atomic E-state index is 0.163. The van der Waals surface area contributed by atoms with Crippen LogP contribution >= 0.6 is 11.6 Å². The molecule has 1 heterocycles. The molecule has 1 saturated carbocycles. The Hall–Kier alpha value is -3.12. The van der Waals surface area contributed by atoms with Crippen LogP contribution in [0.5, 0.6) is 0 Å². The van der Waals surface area contributed by atoms with E-state index in [9.17, 15) is 36.0 Å². The number of likely N-dealkylation sites (tertiary alicyclic amines) is 1. The Labute approximate surface area is 247 Å². The zero-order chi connectivity index (χ0) is 30.5. The Morgan fingerprint density at radius 1 is 1.00 bits per heavy atom. The number of amides is 3. The number of carbonyl (C=O) groups is 3. The minimum atomic E-state index is -4.62. The average molecular weight is 628 g/mol. The smallest absolute Gasteiger partial charge is 0.353 e. The summed E-state index contributed by atoms with van der Waals surface area (Å²) in [6, 6.07) is 10.3. The van der Waals surface area contributed by atoms with Gasteiger partial charge < -0.3 is 15.5 Å². The van der Waals surface area contributed by atoms with Crippen molar-refractivity contribution < 1.29 is 36.0 Å². The second-order valence-corrected chi connectivity index (χ2v) is 13.1. The molecule has 42 heavy (non-hydrogen) atoms. The molecular formula is C29H33ClF3N3O5S. The van der Waals surface area contributed by atoms with Crippen molar-refractivity contribution in [2.24, 2.45) is 5.92 Å². The van der Waals surface area contributed by atoms with Crippen LogP contribution in [0.2, 0.25) is 0 Å². The van der Waals surface area contributed by atoms with Gasteiger partial charge >= 0.3 is 6.18 Å². The highest BCUT2D eigenvalue weighted by Crippen LogP contribution is 2.34. The first-order chi connectivity index (χ1) is 19.9. The fraction of sp³-hybridized carbons (Fsp3) is 0.483. The lowest BCUT2D eigenvalue weighted by atomic mass is 9.81. The molecule has 0 unspecified atom stereocenters. The summed E-state index contributed by atoms with van der Waals surface area (Å²) in [4.78, 5) is 40.3. The molecular weight excluding hydrogens is 595 g/mol. The molecule has 2 aromatic carbocycles. The van der Waals surface area contributed by atoms with E-state index < -0.39 is 51.4 Å². The first-order valence-electron chi connectivity index (χ1n) is 13.8. The van der Waals surface area contributed by atoms with Gasteiger partial charge in [0.25, 0.3) is 5.91 Å². The van der Waals surface area contributed by atoms with Gasteiger partial charge in [0.05, 0.1) is 16.2 Å². The van der Waals surface area contributed by atoms with Crippen LogP contribution in [0.3, 0.4) is 0 Å². The maximum atomic E-state index is 13.5. The fourth-order valence-electron chi connectivity index (χ4n) is 5.75. The van der Waals surface area contributed by atoms with Crippen molar-refractivity contribution in [3.63, 3.8) is 0 Å². The second kappa shape index (κ2) is 13.5. The van der Waals surface area contributed by atoms with E-state index in [0.717, 1.165) is 18.2 Å². The van der Waals surface area contributed by atoms with Gasteiger partial charge in [0.15, 0.2) is 9.84 Å². The standard InChI is InChI=1S/C29H33ClF3N3O5S/c30-14-5-10-26(37)34-22-11-12-25(20(17-22)18-42(40,41)23-8-2-1-3-9-23)36-15-13-24(28(36)39)35-27(38)19-6-4-7-21(16-19)29(31,32)33/h1-4,6-9,16,20,22,24-25H,5,10-15,17-18H2,(H,34,37)(H,35,38)/t20-,22-,24+,25+/m1/s1. The number of halogens is 4. The zero-order valence-electron chi connectivity index (χ0n) is 22.8. The first kappa shape index (κ1) is 31.8. The molecule has 0 aromatic heterocycles. The molecule has 8 nitrogen and oxygen atoms in total. The predicted molar refractivity (Wildman–Crippen MR) is 151 cm³/mol. The van der Waals surface area contributed by atoms with E-state index in [1.54, 1.807) is 23.1 Å². The maximum absolute atomic E-state index is 13.5. The summed E-state index contributed by atoms with van der Waals surface area (Å²) in [5, 5.41) is 5.52. The Morgan fingerprint density at radius 3 is 2.43 bits per heavy atom. The Morgan fingerprint density at radius 2 is 1.74 bits per heavy atom. The summed E-state index contributed by atoms with van der Waals surface area (Å²) >= 11 is 5.70. The van der Waals surface area contributed by atoms with E-state index in [1.165, 1.54) is 18.2 Å². The van der Waals surface area contributed by atoms with E-state index in [4.69, 9.17) is 11.6 Å². The molecule has 2 fully saturated rings. The number of carbonyl (C=O) groups excluding carboxylic acids is 3. The third kappa shape index (κ3) is 7.83. The lowest BCUT2D eigenvalue weighted by Gasteiger charge is -2.41. The summed E-state index contributed by atoms with van der Waals surface area (Å²) < 4.78 is 66.0. The van der Waals surface area contributed by atoms with Crippen molar-refractivity contribution in [3.8, 4) is 0 Å². The SMILES string of the molecule is O=C(CCCCl)N[C@@H]1CC[C@H](N2CC[C@H](NC(=O)c3cccc(C(F)(F)F)c3)C2=O)[C@@H](CS(=O)(=O)c2ccccc2)C1. The number of nitrogens with one attached hydrogen (secondary N) is 2. The van der Waals surface area contributed by atoms with Crippen LogP contribution in [0.1, 0.15) is 54.4 Å². The lowest BCUT2D eigenvalue weighted by molar-refractivity contribution is -0.137. The quantitative estimate of drug-likeness (QED) is 0.384. The summed E-state index contributed by atoms with van der Waals surface area (Å²) in [6.45, 7) is 0.256. The van der Waals surface area contributed by atoms with Crippen LogP contribution in [0.25, 0.3) is 0 Å². The van der Waals surface area contributed by atoms with Gasteiger partial charge in [0.1, 0.15) is 6.04 Å². The molecule has 1 aliphatic carbocycles. The molecule has 2 aromatic rings. The zero-order valence-corrected chi connectivity index (χ0v) is 24.4. The van der Waals surface area contributed by atoms with Gasteiger partial charge in [-0.25, -0.2) is 8.42 Å². The third-order valence-electron chi connectivity index (χ3n) is 7.78. The largest absolute Gasteiger partial charge is 0.416 e. The number of nitrogens with zero attached hydrogens (tertiary/aromatic N) is 1. The van der Waals surface area contributed by atoms with Crippen molar-refractivity contribution in [2.75, 3.05) is 18.2 Å². The summed E-state index contributed by atoms with van der Waals surface area (Å²) in [5.74, 6) is -1.76. The molecule has 2 N–H and O–H groups in total. The number of hydrogen-bond acceptors (Lipinski definition) is 5. The van der Waals surface area contributed by atoms with Crippen LogP contribution < -0.4 is 10.6 Å². The Balaban J connectivity index is 1.49. The Kier molecular flexibility index (Phi) is 10.2. The van der Waals surface area contributed by atoms with Crippen LogP contribution in [0, 0.1) is 5.92 Å². The van der Waals surface area contributed by atoms with Crippen LogP contribution in [0.15, 0.2) is 59.5 Å². The van der Waals surface area contributed by atoms with Gasteiger partial charge in [-0.05, 0) is 68.4 Å². The number of hydrogen-bond donors (Lipinski definition) is 2. The van der Waals surface area contributed by atoms with Gasteiger partial charge in [0, 0.05) is 36.5 Å². The molecule has 2 aliphatic rings. The van der Waals surface area contributed by atoms with E-state index in [0.29, 0.717) is 31.6 Å². The molecule has 1 saturated heterocycles. The Bertz CT molecular complexity index is 1390. The molecule has 13 heteroatoms.